The molecule has 0 aliphatic heterocycles. The van der Waals surface area contributed by atoms with Gasteiger partial charge in [-0.15, -0.1) is 0 Å². The molecule has 1 N–H and O–H groups in total. The van der Waals surface area contributed by atoms with Crippen LogP contribution in [0.1, 0.15) is 26.7 Å². The normalized spacial score (nSPS) is 11.2. The minimum absolute atomic E-state index is 0.776. The zero-order valence-corrected chi connectivity index (χ0v) is 13.3. The minimum Gasteiger partial charge on any atom is -0.475 e. The molecular weight excluding hydrogens is 411 g/mol. The molecule has 27 heavy (non-hydrogen) atoms. The molecule has 0 saturated carbocycles. The molecule has 0 aliphatic rings. The Balaban J connectivity index is -0.000000326. The first kappa shape index (κ1) is 29.3. The fourth-order valence-corrected chi connectivity index (χ4v) is 0.653. The lowest BCUT2D eigenvalue weighted by molar-refractivity contribution is -0.192. The summed E-state index contributed by atoms with van der Waals surface area (Å²) in [4.78, 5) is 48.7. The molecule has 0 aliphatic carbocycles. The Hall–Kier alpha value is -2.48. The Morgan fingerprint density at radius 3 is 0.815 bits per heavy atom. The lowest BCUT2D eigenvalue weighted by Gasteiger charge is -2.00. The Kier molecular flexibility index (Phi) is 12.2. The zero-order valence-electron chi connectivity index (χ0n) is 13.3. The molecule has 0 amide bonds. The standard InChI is InChI=1S/2C5H5F3O2.C2HF3O2/c2*1-3(9)2-4(10)5(6,7)8;3-2(4,5)1(6)7/h2*2H2,1H3;(H,6,7). The van der Waals surface area contributed by atoms with Gasteiger partial charge in [-0.1, -0.05) is 0 Å². The van der Waals surface area contributed by atoms with Crippen LogP contribution in [0.2, 0.25) is 0 Å². The lowest BCUT2D eigenvalue weighted by Crippen LogP contribution is -2.24. The highest BCUT2D eigenvalue weighted by atomic mass is 19.4. The Morgan fingerprint density at radius 1 is 0.593 bits per heavy atom. The summed E-state index contributed by atoms with van der Waals surface area (Å²) in [5.74, 6) is -8.28. The summed E-state index contributed by atoms with van der Waals surface area (Å²) in [6.07, 6.45) is -16.9. The van der Waals surface area contributed by atoms with Gasteiger partial charge in [0.1, 0.15) is 11.6 Å². The molecule has 0 aromatic rings. The number of alkyl halides is 9. The number of carbonyl (C=O) groups is 5. The van der Waals surface area contributed by atoms with E-state index in [9.17, 15) is 58.7 Å². The van der Waals surface area contributed by atoms with Crippen molar-refractivity contribution < 1.29 is 68.6 Å². The van der Waals surface area contributed by atoms with Gasteiger partial charge in [0.15, 0.2) is 0 Å². The van der Waals surface area contributed by atoms with E-state index in [4.69, 9.17) is 9.90 Å². The highest BCUT2D eigenvalue weighted by Crippen LogP contribution is 2.18. The van der Waals surface area contributed by atoms with Crippen molar-refractivity contribution in [3.63, 3.8) is 0 Å². The smallest absolute Gasteiger partial charge is 0.475 e. The number of aliphatic carboxylic acids is 1. The van der Waals surface area contributed by atoms with Gasteiger partial charge in [0.25, 0.3) is 0 Å². The van der Waals surface area contributed by atoms with Crippen molar-refractivity contribution in [2.24, 2.45) is 0 Å². The van der Waals surface area contributed by atoms with Gasteiger partial charge in [-0.2, -0.15) is 39.5 Å². The molecule has 0 unspecified atom stereocenters. The van der Waals surface area contributed by atoms with Crippen LogP contribution in [0, 0.1) is 0 Å². The predicted molar refractivity (Wildman–Crippen MR) is 66.4 cm³/mol. The molecular formula is C12H11F9O6. The number of rotatable bonds is 4. The van der Waals surface area contributed by atoms with Crippen LogP contribution in [-0.4, -0.2) is 52.7 Å². The van der Waals surface area contributed by atoms with Crippen molar-refractivity contribution in [1.82, 2.24) is 0 Å². The van der Waals surface area contributed by atoms with E-state index in [1.807, 2.05) is 0 Å². The maximum atomic E-state index is 11.3. The second-order valence-corrected chi connectivity index (χ2v) is 4.40. The largest absolute Gasteiger partial charge is 0.490 e. The van der Waals surface area contributed by atoms with Crippen molar-refractivity contribution in [2.45, 2.75) is 45.2 Å². The number of carboxylic acid groups (broad SMARTS) is 1. The lowest BCUT2D eigenvalue weighted by atomic mass is 10.2. The first-order valence-corrected chi connectivity index (χ1v) is 6.11. The summed E-state index contributed by atoms with van der Waals surface area (Å²) in [6.45, 7) is 1.87. The number of hydrogen-bond donors (Lipinski definition) is 1. The summed E-state index contributed by atoms with van der Waals surface area (Å²) >= 11 is 0. The number of Topliss-reactive ketones (excluding diaryl/α,β-unsaturated/α-hetero) is 4. The van der Waals surface area contributed by atoms with Crippen LogP contribution >= 0.6 is 0 Å². The third kappa shape index (κ3) is 19.7. The first-order valence-electron chi connectivity index (χ1n) is 6.11. The van der Waals surface area contributed by atoms with Crippen molar-refractivity contribution in [2.75, 3.05) is 0 Å². The summed E-state index contributed by atoms with van der Waals surface area (Å²) in [5, 5.41) is 7.12. The van der Waals surface area contributed by atoms with Crippen LogP contribution in [0.4, 0.5) is 39.5 Å². The molecule has 0 rings (SSSR count). The Morgan fingerprint density at radius 2 is 0.778 bits per heavy atom. The monoisotopic (exact) mass is 422 g/mol. The second-order valence-electron chi connectivity index (χ2n) is 4.40. The van der Waals surface area contributed by atoms with Crippen LogP contribution < -0.4 is 0 Å². The molecule has 0 bridgehead atoms. The molecule has 0 aromatic heterocycles. The third-order valence-electron chi connectivity index (χ3n) is 1.69. The van der Waals surface area contributed by atoms with E-state index in [-0.39, 0.29) is 0 Å². The summed E-state index contributed by atoms with van der Waals surface area (Å²) in [6, 6.07) is 0. The number of hydrogen-bond acceptors (Lipinski definition) is 5. The van der Waals surface area contributed by atoms with Crippen LogP contribution in [0.15, 0.2) is 0 Å². The van der Waals surface area contributed by atoms with E-state index in [0.29, 0.717) is 0 Å². The van der Waals surface area contributed by atoms with E-state index < -0.39 is 60.5 Å². The summed E-state index contributed by atoms with van der Waals surface area (Å²) in [5.41, 5.74) is 0. The average molecular weight is 422 g/mol. The van der Waals surface area contributed by atoms with Gasteiger partial charge in [-0.25, -0.2) is 4.79 Å². The van der Waals surface area contributed by atoms with Gasteiger partial charge in [-0.05, 0) is 13.8 Å². The van der Waals surface area contributed by atoms with Crippen LogP contribution in [0.3, 0.4) is 0 Å². The Bertz CT molecular complexity index is 519. The topological polar surface area (TPSA) is 106 Å². The maximum Gasteiger partial charge on any atom is 0.490 e. The average Bonchev–Trinajstić information content (AvgIpc) is 2.35. The van der Waals surface area contributed by atoms with Crippen molar-refractivity contribution in [1.29, 1.82) is 0 Å². The first-order chi connectivity index (χ1) is 11.6. The highest BCUT2D eigenvalue weighted by Gasteiger charge is 2.39. The zero-order chi connectivity index (χ0) is 22.8. The van der Waals surface area contributed by atoms with Gasteiger partial charge in [0, 0.05) is 0 Å². The highest BCUT2D eigenvalue weighted by molar-refractivity contribution is 6.01. The molecule has 0 spiro atoms. The van der Waals surface area contributed by atoms with E-state index >= 15 is 0 Å². The molecule has 6 nitrogen and oxygen atoms in total. The van der Waals surface area contributed by atoms with Crippen molar-refractivity contribution >= 4 is 29.1 Å². The molecule has 0 radical (unpaired) electrons. The van der Waals surface area contributed by atoms with E-state index in [0.717, 1.165) is 13.8 Å². The van der Waals surface area contributed by atoms with Gasteiger partial charge in [0.2, 0.25) is 11.6 Å². The Labute approximate surface area is 144 Å². The molecule has 0 fully saturated rings. The molecule has 158 valence electrons. The minimum atomic E-state index is -5.08. The van der Waals surface area contributed by atoms with Gasteiger partial charge in [0.05, 0.1) is 12.8 Å². The van der Waals surface area contributed by atoms with Gasteiger partial charge < -0.3 is 5.11 Å². The SMILES string of the molecule is CC(=O)CC(=O)C(F)(F)F.CC(=O)CC(=O)C(F)(F)F.O=C(O)C(F)(F)F. The van der Waals surface area contributed by atoms with Crippen molar-refractivity contribution in [3.8, 4) is 0 Å². The quantitative estimate of drug-likeness (QED) is 0.552. The molecule has 0 aromatic carbocycles. The molecule has 0 heterocycles. The summed E-state index contributed by atoms with van der Waals surface area (Å²) in [7, 11) is 0. The van der Waals surface area contributed by atoms with Crippen LogP contribution in [-0.2, 0) is 24.0 Å². The third-order valence-corrected chi connectivity index (χ3v) is 1.69. The van der Waals surface area contributed by atoms with Crippen LogP contribution in [0.25, 0.3) is 0 Å². The fourth-order valence-electron chi connectivity index (χ4n) is 0.653. The molecule has 15 heteroatoms. The maximum absolute atomic E-state index is 11.3. The van der Waals surface area contributed by atoms with Crippen molar-refractivity contribution in [3.05, 3.63) is 0 Å². The van der Waals surface area contributed by atoms with Gasteiger partial charge in [-0.3, -0.25) is 19.2 Å². The van der Waals surface area contributed by atoms with E-state index in [1.165, 1.54) is 0 Å². The number of halogens is 9. The number of ketones is 4. The van der Waals surface area contributed by atoms with E-state index in [1.54, 1.807) is 0 Å². The summed E-state index contributed by atoms with van der Waals surface area (Å²) < 4.78 is 99.6. The fraction of sp³-hybridized carbons (Fsp3) is 0.583. The second kappa shape index (κ2) is 11.3. The number of carboxylic acids is 1. The predicted octanol–water partition coefficient (Wildman–Crippen LogP) is 2.83. The van der Waals surface area contributed by atoms with Crippen LogP contribution in [0.5, 0.6) is 0 Å². The van der Waals surface area contributed by atoms with Gasteiger partial charge >= 0.3 is 24.5 Å². The number of carbonyl (C=O) groups excluding carboxylic acids is 4. The molecule has 0 saturated heterocycles. The van der Waals surface area contributed by atoms with E-state index in [2.05, 4.69) is 0 Å². The molecule has 0 atom stereocenters.